The van der Waals surface area contributed by atoms with E-state index in [0.29, 0.717) is 35.8 Å². The number of nitrogens with zero attached hydrogens (tertiary/aromatic N) is 4. The fourth-order valence-corrected chi connectivity index (χ4v) is 5.50. The van der Waals surface area contributed by atoms with E-state index in [1.54, 1.807) is 6.20 Å². The molecule has 4 aromatic rings. The third kappa shape index (κ3) is 5.00. The van der Waals surface area contributed by atoms with Crippen LogP contribution in [0.2, 0.25) is 0 Å². The van der Waals surface area contributed by atoms with Crippen molar-refractivity contribution < 1.29 is 18.4 Å². The van der Waals surface area contributed by atoms with E-state index in [0.717, 1.165) is 53.3 Å². The Bertz CT molecular complexity index is 1540. The molecule has 0 spiro atoms. The number of aromatic nitrogens is 2. The number of benzene rings is 2. The molecule has 2 aromatic heterocycles. The number of oxime groups is 1. The molecule has 200 valence electrons. The Balaban J connectivity index is 1.50. The highest BCUT2D eigenvalue weighted by molar-refractivity contribution is 6.02. The van der Waals surface area contributed by atoms with Crippen molar-refractivity contribution in [2.24, 2.45) is 5.16 Å². The van der Waals surface area contributed by atoms with Crippen molar-refractivity contribution in [1.29, 1.82) is 0 Å². The second-order valence-corrected chi connectivity index (χ2v) is 9.70. The SMILES string of the molecule is CO/N=C\c1ccc(-c2ccc3ncc(-c4cc(F)cc(F)c4)c(N4CCC5NCCO[C@@H]5C4)c3c2)c(N)n1. The van der Waals surface area contributed by atoms with Gasteiger partial charge in [0, 0.05) is 54.5 Å². The number of piperidine rings is 1. The molecule has 0 saturated carbocycles. The zero-order chi connectivity index (χ0) is 26.9. The number of halogens is 2. The summed E-state index contributed by atoms with van der Waals surface area (Å²) in [4.78, 5) is 16.1. The van der Waals surface area contributed by atoms with Crippen LogP contribution in [0, 0.1) is 11.6 Å². The molecule has 0 radical (unpaired) electrons. The molecule has 8 nitrogen and oxygen atoms in total. The van der Waals surface area contributed by atoms with Crippen LogP contribution in [0.25, 0.3) is 33.2 Å². The predicted octanol–water partition coefficient (Wildman–Crippen LogP) is 4.37. The first kappa shape index (κ1) is 25.1. The Hall–Kier alpha value is -4.15. The van der Waals surface area contributed by atoms with Gasteiger partial charge in [0.25, 0.3) is 0 Å². The second-order valence-electron chi connectivity index (χ2n) is 9.70. The van der Waals surface area contributed by atoms with E-state index in [4.69, 9.17) is 15.3 Å². The number of nitrogens with one attached hydrogen (secondary N) is 1. The van der Waals surface area contributed by atoms with E-state index in [2.05, 4.69) is 25.3 Å². The average Bonchev–Trinajstić information content (AvgIpc) is 2.94. The lowest BCUT2D eigenvalue weighted by Gasteiger charge is -2.43. The van der Waals surface area contributed by atoms with E-state index >= 15 is 0 Å². The number of ether oxygens (including phenoxy) is 1. The Morgan fingerprint density at radius 1 is 1.10 bits per heavy atom. The highest BCUT2D eigenvalue weighted by Crippen LogP contribution is 2.40. The fraction of sp³-hybridized carbons (Fsp3) is 0.276. The topological polar surface area (TPSA) is 97.9 Å². The third-order valence-corrected chi connectivity index (χ3v) is 7.28. The smallest absolute Gasteiger partial charge is 0.132 e. The van der Waals surface area contributed by atoms with Crippen molar-refractivity contribution in [1.82, 2.24) is 15.3 Å². The maximum absolute atomic E-state index is 14.3. The van der Waals surface area contributed by atoms with Crippen molar-refractivity contribution in [2.45, 2.75) is 18.6 Å². The van der Waals surface area contributed by atoms with Crippen LogP contribution in [0.5, 0.6) is 0 Å². The van der Waals surface area contributed by atoms with Gasteiger partial charge in [0.15, 0.2) is 0 Å². The number of morpholine rings is 1. The highest BCUT2D eigenvalue weighted by atomic mass is 19.1. The lowest BCUT2D eigenvalue weighted by atomic mass is 9.94. The first-order valence-corrected chi connectivity index (χ1v) is 12.8. The molecule has 2 saturated heterocycles. The van der Waals surface area contributed by atoms with Gasteiger partial charge in [0.2, 0.25) is 0 Å². The molecule has 1 unspecified atom stereocenters. The highest BCUT2D eigenvalue weighted by Gasteiger charge is 2.33. The Kier molecular flexibility index (Phi) is 6.80. The minimum atomic E-state index is -0.640. The number of rotatable bonds is 5. The van der Waals surface area contributed by atoms with Crippen molar-refractivity contribution in [3.8, 4) is 22.3 Å². The standard InChI is InChI=1S/C29H28F2N6O2/c1-38-35-14-21-3-4-22(29(32)36-21)17-2-5-25-23(12-17)28(37-8-6-26-27(16-37)39-9-7-33-26)24(15-34-25)18-10-19(30)13-20(31)11-18/h2-5,10-15,26-27,33H,6-9,16H2,1H3,(H2,32,36)/b35-14-/t26?,27-/m1/s1. The quantitative estimate of drug-likeness (QED) is 0.292. The predicted molar refractivity (Wildman–Crippen MR) is 148 cm³/mol. The van der Waals surface area contributed by atoms with Crippen molar-refractivity contribution in [3.63, 3.8) is 0 Å². The molecule has 0 bridgehead atoms. The molecule has 2 fully saturated rings. The van der Waals surface area contributed by atoms with Crippen LogP contribution >= 0.6 is 0 Å². The maximum atomic E-state index is 14.3. The summed E-state index contributed by atoms with van der Waals surface area (Å²) in [5, 5.41) is 8.14. The average molecular weight is 531 g/mol. The number of anilines is 2. The molecule has 2 aliphatic rings. The van der Waals surface area contributed by atoms with Crippen LogP contribution in [0.4, 0.5) is 20.3 Å². The van der Waals surface area contributed by atoms with E-state index in [-0.39, 0.29) is 12.1 Å². The summed E-state index contributed by atoms with van der Waals surface area (Å²) in [5.41, 5.74) is 11.2. The van der Waals surface area contributed by atoms with Crippen molar-refractivity contribution >= 4 is 28.6 Å². The summed E-state index contributed by atoms with van der Waals surface area (Å²) in [7, 11) is 1.46. The first-order chi connectivity index (χ1) is 19.0. The maximum Gasteiger partial charge on any atom is 0.132 e. The molecule has 4 heterocycles. The van der Waals surface area contributed by atoms with Gasteiger partial charge in [-0.1, -0.05) is 11.2 Å². The van der Waals surface area contributed by atoms with Gasteiger partial charge in [-0.2, -0.15) is 0 Å². The Labute approximate surface area is 224 Å². The number of fused-ring (bicyclic) bond motifs is 2. The second kappa shape index (κ2) is 10.5. The lowest BCUT2D eigenvalue weighted by Crippen LogP contribution is -2.57. The van der Waals surface area contributed by atoms with Gasteiger partial charge in [0.05, 0.1) is 35.8 Å². The van der Waals surface area contributed by atoms with Crippen LogP contribution < -0.4 is 16.0 Å². The number of hydrogen-bond acceptors (Lipinski definition) is 8. The van der Waals surface area contributed by atoms with Gasteiger partial charge in [-0.3, -0.25) is 4.98 Å². The number of hydrogen-bond donors (Lipinski definition) is 2. The molecular weight excluding hydrogens is 502 g/mol. The monoisotopic (exact) mass is 530 g/mol. The normalized spacial score (nSPS) is 19.4. The summed E-state index contributed by atoms with van der Waals surface area (Å²) in [6.45, 7) is 2.88. The minimum absolute atomic E-state index is 0.0112. The minimum Gasteiger partial charge on any atom is -0.399 e. The summed E-state index contributed by atoms with van der Waals surface area (Å²) in [6, 6.07) is 13.4. The van der Waals surface area contributed by atoms with Gasteiger partial charge in [-0.05, 0) is 53.9 Å². The Morgan fingerprint density at radius 2 is 1.95 bits per heavy atom. The van der Waals surface area contributed by atoms with E-state index < -0.39 is 11.6 Å². The summed E-state index contributed by atoms with van der Waals surface area (Å²) >= 11 is 0. The van der Waals surface area contributed by atoms with Crippen LogP contribution in [0.15, 0.2) is 59.9 Å². The molecule has 6 rings (SSSR count). The van der Waals surface area contributed by atoms with E-state index in [1.165, 1.54) is 25.5 Å². The molecule has 10 heteroatoms. The molecule has 2 aliphatic heterocycles. The van der Waals surface area contributed by atoms with Gasteiger partial charge in [-0.15, -0.1) is 0 Å². The molecule has 0 amide bonds. The summed E-state index contributed by atoms with van der Waals surface area (Å²) < 4.78 is 34.7. The first-order valence-electron chi connectivity index (χ1n) is 12.8. The van der Waals surface area contributed by atoms with Crippen molar-refractivity contribution in [3.05, 3.63) is 72.1 Å². The number of nitrogens with two attached hydrogens (primary N) is 1. The van der Waals surface area contributed by atoms with Gasteiger partial charge in [0.1, 0.15) is 24.6 Å². The molecule has 0 aliphatic carbocycles. The van der Waals surface area contributed by atoms with E-state index in [9.17, 15) is 8.78 Å². The van der Waals surface area contributed by atoms with Gasteiger partial charge >= 0.3 is 0 Å². The molecule has 3 N–H and O–H groups in total. The van der Waals surface area contributed by atoms with Crippen LogP contribution in [-0.4, -0.2) is 61.7 Å². The number of pyridine rings is 2. The zero-order valence-corrected chi connectivity index (χ0v) is 21.4. The van der Waals surface area contributed by atoms with Crippen LogP contribution in [-0.2, 0) is 9.57 Å². The molecule has 39 heavy (non-hydrogen) atoms. The molecule has 2 atom stereocenters. The third-order valence-electron chi connectivity index (χ3n) is 7.28. The molecule has 2 aromatic carbocycles. The summed E-state index contributed by atoms with van der Waals surface area (Å²) in [5.74, 6) is -0.937. The zero-order valence-electron chi connectivity index (χ0n) is 21.4. The summed E-state index contributed by atoms with van der Waals surface area (Å²) in [6.07, 6.45) is 4.07. The largest absolute Gasteiger partial charge is 0.399 e. The van der Waals surface area contributed by atoms with Crippen LogP contribution in [0.3, 0.4) is 0 Å². The fourth-order valence-electron chi connectivity index (χ4n) is 5.50. The molecular formula is C29H28F2N6O2. The van der Waals surface area contributed by atoms with Gasteiger partial charge in [-0.25, -0.2) is 13.8 Å². The van der Waals surface area contributed by atoms with Gasteiger partial charge < -0.3 is 25.5 Å². The van der Waals surface area contributed by atoms with Crippen molar-refractivity contribution in [2.75, 3.05) is 44.0 Å². The van der Waals surface area contributed by atoms with E-state index in [1.807, 2.05) is 30.3 Å². The van der Waals surface area contributed by atoms with Crippen LogP contribution in [0.1, 0.15) is 12.1 Å². The lowest BCUT2D eigenvalue weighted by molar-refractivity contribution is -0.00896. The number of nitrogen functional groups attached to an aromatic ring is 1. The Morgan fingerprint density at radius 3 is 2.74 bits per heavy atom.